The van der Waals surface area contributed by atoms with Crippen LogP contribution >= 0.6 is 0 Å². The number of hydrogen-bond donors (Lipinski definition) is 2. The van der Waals surface area contributed by atoms with Crippen LogP contribution in [0.3, 0.4) is 0 Å². The van der Waals surface area contributed by atoms with Crippen LogP contribution in [0.15, 0.2) is 12.4 Å². The maximum Gasteiger partial charge on any atom is 0.241 e. The number of imidazole rings is 1. The van der Waals surface area contributed by atoms with Crippen molar-refractivity contribution in [3.63, 3.8) is 0 Å². The molecule has 2 amide bonds. The normalized spacial score (nSPS) is 19.4. The summed E-state index contributed by atoms with van der Waals surface area (Å²) in [4.78, 5) is 28.9. The fourth-order valence-electron chi connectivity index (χ4n) is 1.85. The maximum absolute atomic E-state index is 12.1. The zero-order chi connectivity index (χ0) is 13.1. The Morgan fingerprint density at radius 1 is 1.67 bits per heavy atom. The molecule has 1 saturated heterocycles. The highest BCUT2D eigenvalue weighted by Gasteiger charge is 2.26. The van der Waals surface area contributed by atoms with Crippen molar-refractivity contribution in [2.24, 2.45) is 7.05 Å². The van der Waals surface area contributed by atoms with Crippen LogP contribution in [0.25, 0.3) is 0 Å². The average Bonchev–Trinajstić information content (AvgIpc) is 2.75. The van der Waals surface area contributed by atoms with Gasteiger partial charge in [-0.2, -0.15) is 0 Å². The first-order valence-corrected chi connectivity index (χ1v) is 5.79. The first kappa shape index (κ1) is 12.6. The summed E-state index contributed by atoms with van der Waals surface area (Å²) in [6.45, 7) is 0.976. The predicted molar refractivity (Wildman–Crippen MR) is 64.5 cm³/mol. The van der Waals surface area contributed by atoms with E-state index >= 15 is 0 Å². The van der Waals surface area contributed by atoms with Gasteiger partial charge in [0, 0.05) is 33.0 Å². The number of hydrogen-bond acceptors (Lipinski definition) is 4. The number of likely N-dealkylation sites (N-methyl/N-ethyl adjacent to an activating group) is 1. The van der Waals surface area contributed by atoms with Gasteiger partial charge >= 0.3 is 0 Å². The topological polar surface area (TPSA) is 79.3 Å². The first-order chi connectivity index (χ1) is 8.58. The number of aromatic nitrogens is 2. The van der Waals surface area contributed by atoms with E-state index in [4.69, 9.17) is 0 Å². The van der Waals surface area contributed by atoms with Crippen molar-refractivity contribution in [1.29, 1.82) is 0 Å². The molecule has 0 radical (unpaired) electrons. The molecule has 2 heterocycles. The Morgan fingerprint density at radius 2 is 2.44 bits per heavy atom. The molecule has 7 heteroatoms. The Kier molecular flexibility index (Phi) is 3.61. The number of rotatable bonds is 3. The van der Waals surface area contributed by atoms with Crippen molar-refractivity contribution in [1.82, 2.24) is 25.1 Å². The standard InChI is InChI=1S/C11H17N5O2/c1-15-4-3-12-9(15)7-16(2)11(18)8-5-14-10(17)6-13-8/h3-4,8,13H,5-7H2,1-2H3,(H,14,17). The average molecular weight is 251 g/mol. The predicted octanol–water partition coefficient (Wildman–Crippen LogP) is -1.53. The van der Waals surface area contributed by atoms with Crippen LogP contribution in [0.5, 0.6) is 0 Å². The zero-order valence-corrected chi connectivity index (χ0v) is 10.5. The fourth-order valence-corrected chi connectivity index (χ4v) is 1.85. The van der Waals surface area contributed by atoms with E-state index in [9.17, 15) is 9.59 Å². The lowest BCUT2D eigenvalue weighted by molar-refractivity contribution is -0.134. The molecule has 1 aliphatic heterocycles. The molecule has 1 unspecified atom stereocenters. The van der Waals surface area contributed by atoms with Crippen molar-refractivity contribution < 1.29 is 9.59 Å². The van der Waals surface area contributed by atoms with Gasteiger partial charge in [-0.25, -0.2) is 4.98 Å². The number of carbonyl (C=O) groups excluding carboxylic acids is 2. The van der Waals surface area contributed by atoms with E-state index in [1.165, 1.54) is 0 Å². The minimum atomic E-state index is -0.354. The lowest BCUT2D eigenvalue weighted by Gasteiger charge is -2.27. The van der Waals surface area contributed by atoms with Gasteiger partial charge in [-0.15, -0.1) is 0 Å². The molecular weight excluding hydrogens is 234 g/mol. The van der Waals surface area contributed by atoms with Gasteiger partial charge in [0.25, 0.3) is 0 Å². The van der Waals surface area contributed by atoms with Crippen LogP contribution in [-0.4, -0.2) is 52.4 Å². The van der Waals surface area contributed by atoms with E-state index in [1.807, 2.05) is 17.8 Å². The molecule has 0 saturated carbocycles. The number of piperazine rings is 1. The molecule has 7 nitrogen and oxygen atoms in total. The number of aryl methyl sites for hydroxylation is 1. The van der Waals surface area contributed by atoms with Crippen LogP contribution in [0.2, 0.25) is 0 Å². The summed E-state index contributed by atoms with van der Waals surface area (Å²) in [5, 5.41) is 5.58. The summed E-state index contributed by atoms with van der Waals surface area (Å²) in [6, 6.07) is -0.354. The lowest BCUT2D eigenvalue weighted by atomic mass is 10.2. The second-order valence-corrected chi connectivity index (χ2v) is 4.39. The first-order valence-electron chi connectivity index (χ1n) is 5.79. The number of amides is 2. The van der Waals surface area contributed by atoms with Gasteiger partial charge in [0.1, 0.15) is 11.9 Å². The summed E-state index contributed by atoms with van der Waals surface area (Å²) < 4.78 is 1.87. The smallest absolute Gasteiger partial charge is 0.241 e. The third-order valence-corrected chi connectivity index (χ3v) is 2.99. The van der Waals surface area contributed by atoms with E-state index in [1.54, 1.807) is 18.1 Å². The van der Waals surface area contributed by atoms with E-state index in [0.29, 0.717) is 13.1 Å². The van der Waals surface area contributed by atoms with Crippen LogP contribution in [0.4, 0.5) is 0 Å². The molecular formula is C11H17N5O2. The van der Waals surface area contributed by atoms with Crippen molar-refractivity contribution in [3.05, 3.63) is 18.2 Å². The highest BCUT2D eigenvalue weighted by atomic mass is 16.2. The van der Waals surface area contributed by atoms with Gasteiger partial charge in [-0.3, -0.25) is 14.9 Å². The summed E-state index contributed by atoms with van der Waals surface area (Å²) in [7, 11) is 3.62. The van der Waals surface area contributed by atoms with Crippen LogP contribution in [-0.2, 0) is 23.2 Å². The summed E-state index contributed by atoms with van der Waals surface area (Å²) >= 11 is 0. The van der Waals surface area contributed by atoms with E-state index in [2.05, 4.69) is 15.6 Å². The zero-order valence-electron chi connectivity index (χ0n) is 10.5. The Labute approximate surface area is 105 Å². The van der Waals surface area contributed by atoms with Gasteiger partial charge in [-0.05, 0) is 0 Å². The molecule has 1 fully saturated rings. The molecule has 1 aliphatic rings. The van der Waals surface area contributed by atoms with Crippen LogP contribution in [0.1, 0.15) is 5.82 Å². The van der Waals surface area contributed by atoms with Gasteiger partial charge in [0.2, 0.25) is 11.8 Å². The molecule has 0 aliphatic carbocycles. The third-order valence-electron chi connectivity index (χ3n) is 2.99. The fraction of sp³-hybridized carbons (Fsp3) is 0.545. The van der Waals surface area contributed by atoms with Gasteiger partial charge in [0.05, 0.1) is 13.1 Å². The Bertz CT molecular complexity index is 446. The summed E-state index contributed by atoms with van der Waals surface area (Å²) in [5.74, 6) is 0.703. The van der Waals surface area contributed by atoms with Crippen LogP contribution in [0, 0.1) is 0 Å². The molecule has 18 heavy (non-hydrogen) atoms. The van der Waals surface area contributed by atoms with Crippen molar-refractivity contribution in [2.45, 2.75) is 12.6 Å². The second kappa shape index (κ2) is 5.18. The molecule has 2 N–H and O–H groups in total. The largest absolute Gasteiger partial charge is 0.353 e. The number of carbonyl (C=O) groups is 2. The van der Waals surface area contributed by atoms with E-state index in [-0.39, 0.29) is 24.4 Å². The molecule has 2 rings (SSSR count). The highest BCUT2D eigenvalue weighted by molar-refractivity contribution is 5.86. The number of nitrogens with zero attached hydrogens (tertiary/aromatic N) is 3. The monoisotopic (exact) mass is 251 g/mol. The summed E-state index contributed by atoms with van der Waals surface area (Å²) in [5.41, 5.74) is 0. The van der Waals surface area contributed by atoms with E-state index < -0.39 is 0 Å². The SMILES string of the molecule is CN(Cc1nccn1C)C(=O)C1CNC(=O)CN1. The Hall–Kier alpha value is -1.89. The third kappa shape index (κ3) is 2.67. The van der Waals surface area contributed by atoms with Crippen molar-refractivity contribution >= 4 is 11.8 Å². The molecule has 1 aromatic rings. The minimum Gasteiger partial charge on any atom is -0.353 e. The van der Waals surface area contributed by atoms with Gasteiger partial charge in [0.15, 0.2) is 0 Å². The quantitative estimate of drug-likeness (QED) is 0.683. The molecule has 0 aromatic carbocycles. The van der Waals surface area contributed by atoms with Gasteiger partial charge < -0.3 is 14.8 Å². The second-order valence-electron chi connectivity index (χ2n) is 4.39. The minimum absolute atomic E-state index is 0.0435. The molecule has 0 spiro atoms. The molecule has 1 aromatic heterocycles. The highest BCUT2D eigenvalue weighted by Crippen LogP contribution is 2.02. The number of nitrogens with one attached hydrogen (secondary N) is 2. The molecule has 0 bridgehead atoms. The Morgan fingerprint density at radius 3 is 3.00 bits per heavy atom. The van der Waals surface area contributed by atoms with Crippen LogP contribution < -0.4 is 10.6 Å². The Balaban J connectivity index is 1.92. The lowest BCUT2D eigenvalue weighted by Crippen LogP contribution is -2.58. The molecule has 1 atom stereocenters. The van der Waals surface area contributed by atoms with Gasteiger partial charge in [-0.1, -0.05) is 0 Å². The van der Waals surface area contributed by atoms with Crippen molar-refractivity contribution in [3.8, 4) is 0 Å². The summed E-state index contributed by atoms with van der Waals surface area (Å²) in [6.07, 6.45) is 3.54. The maximum atomic E-state index is 12.1. The molecule has 98 valence electrons. The van der Waals surface area contributed by atoms with E-state index in [0.717, 1.165) is 5.82 Å². The van der Waals surface area contributed by atoms with Crippen molar-refractivity contribution in [2.75, 3.05) is 20.1 Å².